The fraction of sp³-hybridized carbons (Fsp3) is 0.211. The van der Waals surface area contributed by atoms with Crippen LogP contribution in [0.3, 0.4) is 0 Å². The first-order valence-corrected chi connectivity index (χ1v) is 7.80. The smallest absolute Gasteiger partial charge is 0.414 e. The van der Waals surface area contributed by atoms with Crippen molar-refractivity contribution >= 4 is 17.1 Å². The maximum atomic E-state index is 12.4. The molecule has 2 aromatic heterocycles. The van der Waals surface area contributed by atoms with Crippen molar-refractivity contribution < 1.29 is 13.9 Å². The number of aryl methyl sites for hydroxylation is 1. The molecule has 0 N–H and O–H groups in total. The van der Waals surface area contributed by atoms with Crippen LogP contribution in [0.15, 0.2) is 51.9 Å². The van der Waals surface area contributed by atoms with E-state index in [0.717, 1.165) is 16.5 Å². The lowest BCUT2D eigenvalue weighted by molar-refractivity contribution is 0.172. The van der Waals surface area contributed by atoms with Crippen molar-refractivity contribution in [3.8, 4) is 5.75 Å². The predicted octanol–water partition coefficient (Wildman–Crippen LogP) is 3.15. The molecule has 0 saturated heterocycles. The van der Waals surface area contributed by atoms with Crippen LogP contribution in [0.4, 0.5) is 4.79 Å². The number of carbonyl (C=O) groups excluding carboxylic acids is 1. The number of carbonyl (C=O) groups is 1. The molecule has 0 bridgehead atoms. The number of nitrogens with zero attached hydrogens (tertiary/aromatic N) is 2. The molecule has 3 rings (SSSR count). The van der Waals surface area contributed by atoms with Crippen molar-refractivity contribution in [1.29, 1.82) is 0 Å². The van der Waals surface area contributed by atoms with Gasteiger partial charge in [0.1, 0.15) is 11.3 Å². The molecule has 1 aromatic carbocycles. The molecule has 1 amide bonds. The van der Waals surface area contributed by atoms with Gasteiger partial charge in [-0.2, -0.15) is 0 Å². The van der Waals surface area contributed by atoms with Crippen LogP contribution in [0.5, 0.6) is 5.75 Å². The van der Waals surface area contributed by atoms with Gasteiger partial charge in [0.05, 0.1) is 0 Å². The zero-order valence-corrected chi connectivity index (χ0v) is 14.3. The fourth-order valence-electron chi connectivity index (χ4n) is 2.54. The summed E-state index contributed by atoms with van der Waals surface area (Å²) in [5.41, 5.74) is 2.37. The van der Waals surface area contributed by atoms with E-state index in [4.69, 9.17) is 9.15 Å². The minimum Gasteiger partial charge on any atom is -0.422 e. The van der Waals surface area contributed by atoms with Crippen LogP contribution >= 0.6 is 0 Å². The quantitative estimate of drug-likeness (QED) is 0.686. The summed E-state index contributed by atoms with van der Waals surface area (Å²) >= 11 is 0. The second kappa shape index (κ2) is 6.76. The predicted molar refractivity (Wildman–Crippen MR) is 94.0 cm³/mol. The van der Waals surface area contributed by atoms with Crippen LogP contribution in [0.1, 0.15) is 16.7 Å². The molecule has 0 unspecified atom stereocenters. The molecule has 3 aromatic rings. The first-order valence-electron chi connectivity index (χ1n) is 7.80. The summed E-state index contributed by atoms with van der Waals surface area (Å²) in [6.07, 6.45) is 3.38. The summed E-state index contributed by atoms with van der Waals surface area (Å²) in [4.78, 5) is 29.4. The molecule has 0 saturated carbocycles. The van der Waals surface area contributed by atoms with Gasteiger partial charge in [-0.25, -0.2) is 9.59 Å². The van der Waals surface area contributed by atoms with Gasteiger partial charge in [0, 0.05) is 49.9 Å². The number of hydrogen-bond donors (Lipinski definition) is 0. The Morgan fingerprint density at radius 2 is 2.08 bits per heavy atom. The molecule has 6 heteroatoms. The van der Waals surface area contributed by atoms with Gasteiger partial charge in [0.25, 0.3) is 0 Å². The molecule has 0 aliphatic heterocycles. The standard InChI is InChI=1S/C19H18N2O4/c1-12-15-7-6-14(24-19(23)21(2)3)10-17(15)25-18(22)16(12)9-13-5-4-8-20-11-13/h4-8,10-11H,9H2,1-3H3. The van der Waals surface area contributed by atoms with Gasteiger partial charge in [-0.05, 0) is 36.2 Å². The van der Waals surface area contributed by atoms with Crippen molar-refractivity contribution in [2.45, 2.75) is 13.3 Å². The van der Waals surface area contributed by atoms with E-state index >= 15 is 0 Å². The van der Waals surface area contributed by atoms with Crippen LogP contribution in [-0.4, -0.2) is 30.1 Å². The highest BCUT2D eigenvalue weighted by molar-refractivity contribution is 5.83. The average Bonchev–Trinajstić information content (AvgIpc) is 2.59. The normalized spacial score (nSPS) is 10.7. The molecule has 128 valence electrons. The SMILES string of the molecule is Cc1c(Cc2cccnc2)c(=O)oc2cc(OC(=O)N(C)C)ccc12. The van der Waals surface area contributed by atoms with Crippen molar-refractivity contribution in [2.24, 2.45) is 0 Å². The van der Waals surface area contributed by atoms with Crippen LogP contribution in [0, 0.1) is 6.92 Å². The van der Waals surface area contributed by atoms with Gasteiger partial charge in [0.2, 0.25) is 0 Å². The average molecular weight is 338 g/mol. The van der Waals surface area contributed by atoms with Gasteiger partial charge >= 0.3 is 11.7 Å². The first-order chi connectivity index (χ1) is 12.0. The Morgan fingerprint density at radius 3 is 2.76 bits per heavy atom. The first kappa shape index (κ1) is 16.7. The molecule has 0 spiro atoms. The summed E-state index contributed by atoms with van der Waals surface area (Å²) < 4.78 is 10.7. The van der Waals surface area contributed by atoms with Gasteiger partial charge in [-0.3, -0.25) is 4.98 Å². The number of pyridine rings is 1. The van der Waals surface area contributed by atoms with Gasteiger partial charge < -0.3 is 14.1 Å². The van der Waals surface area contributed by atoms with Gasteiger partial charge in [0.15, 0.2) is 0 Å². The number of benzene rings is 1. The van der Waals surface area contributed by atoms with E-state index in [1.165, 1.54) is 4.90 Å². The number of rotatable bonds is 3. The molecule has 25 heavy (non-hydrogen) atoms. The Bertz CT molecular complexity index is 978. The van der Waals surface area contributed by atoms with Crippen molar-refractivity contribution in [2.75, 3.05) is 14.1 Å². The molecule has 2 heterocycles. The Labute approximate surface area is 144 Å². The third-order valence-electron chi connectivity index (χ3n) is 3.93. The highest BCUT2D eigenvalue weighted by atomic mass is 16.6. The second-order valence-corrected chi connectivity index (χ2v) is 5.95. The third kappa shape index (κ3) is 3.52. The van der Waals surface area contributed by atoms with E-state index in [2.05, 4.69) is 4.98 Å². The van der Waals surface area contributed by atoms with E-state index in [0.29, 0.717) is 23.3 Å². The van der Waals surface area contributed by atoms with E-state index < -0.39 is 11.7 Å². The molecule has 0 fully saturated rings. The molecule has 0 atom stereocenters. The Hall–Kier alpha value is -3.15. The lowest BCUT2D eigenvalue weighted by atomic mass is 10.0. The minimum absolute atomic E-state index is 0.328. The Morgan fingerprint density at radius 1 is 1.28 bits per heavy atom. The molecule has 0 radical (unpaired) electrons. The molecular weight excluding hydrogens is 320 g/mol. The lowest BCUT2D eigenvalue weighted by Gasteiger charge is -2.12. The fourth-order valence-corrected chi connectivity index (χ4v) is 2.54. The van der Waals surface area contributed by atoms with E-state index in [1.54, 1.807) is 44.7 Å². The van der Waals surface area contributed by atoms with Crippen molar-refractivity contribution in [3.05, 3.63) is 69.8 Å². The highest BCUT2D eigenvalue weighted by Gasteiger charge is 2.14. The summed E-state index contributed by atoms with van der Waals surface area (Å²) in [6.45, 7) is 1.89. The maximum Gasteiger partial charge on any atom is 0.414 e. The topological polar surface area (TPSA) is 72.6 Å². The van der Waals surface area contributed by atoms with Gasteiger partial charge in [-0.1, -0.05) is 6.07 Å². The van der Waals surface area contributed by atoms with Crippen LogP contribution < -0.4 is 10.4 Å². The number of hydrogen-bond acceptors (Lipinski definition) is 5. The second-order valence-electron chi connectivity index (χ2n) is 5.95. The molecular formula is C19H18N2O4. The number of ether oxygens (including phenoxy) is 1. The van der Waals surface area contributed by atoms with Crippen LogP contribution in [-0.2, 0) is 6.42 Å². The largest absolute Gasteiger partial charge is 0.422 e. The van der Waals surface area contributed by atoms with E-state index in [-0.39, 0.29) is 0 Å². The van der Waals surface area contributed by atoms with Crippen molar-refractivity contribution in [1.82, 2.24) is 9.88 Å². The summed E-state index contributed by atoms with van der Waals surface area (Å²) in [7, 11) is 3.19. The Balaban J connectivity index is 2.00. The van der Waals surface area contributed by atoms with Crippen LogP contribution in [0.2, 0.25) is 0 Å². The number of fused-ring (bicyclic) bond motifs is 1. The zero-order valence-electron chi connectivity index (χ0n) is 14.3. The zero-order chi connectivity index (χ0) is 18.0. The highest BCUT2D eigenvalue weighted by Crippen LogP contribution is 2.25. The molecule has 0 aliphatic rings. The monoisotopic (exact) mass is 338 g/mol. The molecule has 0 aliphatic carbocycles. The lowest BCUT2D eigenvalue weighted by Crippen LogP contribution is -2.25. The van der Waals surface area contributed by atoms with E-state index in [9.17, 15) is 9.59 Å². The Kier molecular flexibility index (Phi) is 4.52. The van der Waals surface area contributed by atoms with E-state index in [1.807, 2.05) is 19.1 Å². The van der Waals surface area contributed by atoms with Gasteiger partial charge in [-0.15, -0.1) is 0 Å². The minimum atomic E-state index is -0.494. The van der Waals surface area contributed by atoms with Crippen LogP contribution in [0.25, 0.3) is 11.0 Å². The number of amides is 1. The summed E-state index contributed by atoms with van der Waals surface area (Å²) in [5.74, 6) is 0.328. The number of aromatic nitrogens is 1. The maximum absolute atomic E-state index is 12.4. The molecule has 6 nitrogen and oxygen atoms in total. The third-order valence-corrected chi connectivity index (χ3v) is 3.93. The summed E-state index contributed by atoms with van der Waals surface area (Å²) in [6, 6.07) is 8.78. The van der Waals surface area contributed by atoms with Crippen molar-refractivity contribution in [3.63, 3.8) is 0 Å². The summed E-state index contributed by atoms with van der Waals surface area (Å²) in [5, 5.41) is 0.808.